The first-order valence-electron chi connectivity index (χ1n) is 3.87. The molecule has 0 saturated carbocycles. The van der Waals surface area contributed by atoms with Crippen molar-refractivity contribution in [2.45, 2.75) is 32.7 Å². The molecule has 4 heteroatoms. The maximum absolute atomic E-state index is 10.6. The predicted octanol–water partition coefficient (Wildman–Crippen LogP) is 0.738. The molecule has 0 saturated heterocycles. The number of carbonyl (C=O) groups is 2. The van der Waals surface area contributed by atoms with Gasteiger partial charge in [-0.25, -0.2) is 0 Å². The summed E-state index contributed by atoms with van der Waals surface area (Å²) in [5.41, 5.74) is 5.36. The lowest BCUT2D eigenvalue weighted by atomic mass is 10.2. The Morgan fingerprint density at radius 3 is 2.42 bits per heavy atom. The molecule has 0 aliphatic heterocycles. The van der Waals surface area contributed by atoms with Crippen LogP contribution >= 0.6 is 0 Å². The lowest BCUT2D eigenvalue weighted by Crippen LogP contribution is -2.31. The van der Waals surface area contributed by atoms with Gasteiger partial charge in [0.15, 0.2) is 0 Å². The molecule has 0 aromatic heterocycles. The van der Waals surface area contributed by atoms with E-state index in [1.807, 2.05) is 6.92 Å². The van der Waals surface area contributed by atoms with Crippen molar-refractivity contribution in [3.8, 4) is 0 Å². The Morgan fingerprint density at radius 1 is 1.75 bits per heavy atom. The van der Waals surface area contributed by atoms with Crippen LogP contribution in [-0.2, 0) is 14.3 Å². The fourth-order valence-corrected chi connectivity index (χ4v) is 0.580. The number of nitrogens with two attached hydrogens (primary N) is 1. The molecule has 4 nitrogen and oxygen atoms in total. The second-order valence-electron chi connectivity index (χ2n) is 2.15. The molecule has 0 aliphatic rings. The first-order chi connectivity index (χ1) is 5.63. The minimum atomic E-state index is -0.431. The van der Waals surface area contributed by atoms with Gasteiger partial charge < -0.3 is 15.3 Å². The number of esters is 1. The monoisotopic (exact) mass is 177 g/mol. The largest absolute Gasteiger partial charge is 0.468 e. The molecule has 1 atom stereocenters. The van der Waals surface area contributed by atoms with Gasteiger partial charge in [-0.2, -0.15) is 0 Å². The number of carbonyl (C=O) groups excluding carboxylic acids is 2. The van der Waals surface area contributed by atoms with E-state index in [0.717, 1.165) is 12.7 Å². The molecular weight excluding hydrogens is 158 g/mol. The summed E-state index contributed by atoms with van der Waals surface area (Å²) in [6.45, 7) is 3.42. The van der Waals surface area contributed by atoms with E-state index in [2.05, 4.69) is 4.74 Å². The van der Waals surface area contributed by atoms with Crippen LogP contribution in [0.15, 0.2) is 0 Å². The highest BCUT2D eigenvalue weighted by atomic mass is 16.5. The van der Waals surface area contributed by atoms with E-state index in [4.69, 9.17) is 10.5 Å². The number of ether oxygens (including phenoxy) is 1. The van der Waals surface area contributed by atoms with Crippen LogP contribution in [0.4, 0.5) is 0 Å². The molecule has 0 bridgehead atoms. The Labute approximate surface area is 74.6 Å². The second-order valence-corrected chi connectivity index (χ2v) is 2.15. The van der Waals surface area contributed by atoms with E-state index >= 15 is 0 Å². The quantitative estimate of drug-likeness (QED) is 0.510. The van der Waals surface area contributed by atoms with Crippen molar-refractivity contribution in [2.75, 3.05) is 7.11 Å². The summed E-state index contributed by atoms with van der Waals surface area (Å²) >= 11 is 0. The summed E-state index contributed by atoms with van der Waals surface area (Å²) in [6.07, 6.45) is 2.36. The summed E-state index contributed by atoms with van der Waals surface area (Å²) in [7, 11) is 1.35. The molecule has 74 valence electrons. The van der Waals surface area contributed by atoms with E-state index in [9.17, 15) is 4.79 Å². The molecule has 0 rings (SSSR count). The summed E-state index contributed by atoms with van der Waals surface area (Å²) in [4.78, 5) is 19.4. The Bertz CT molecular complexity index is 131. The van der Waals surface area contributed by atoms with Gasteiger partial charge in [-0.15, -0.1) is 0 Å². The highest BCUT2D eigenvalue weighted by Crippen LogP contribution is 1.93. The van der Waals surface area contributed by atoms with Crippen molar-refractivity contribution in [3.05, 3.63) is 0 Å². The van der Waals surface area contributed by atoms with Crippen LogP contribution in [0.3, 0.4) is 0 Å². The number of rotatable bonds is 3. The van der Waals surface area contributed by atoms with E-state index < -0.39 is 6.04 Å². The SMILES string of the molecule is CC=O.CCCC(N)C(=O)OC.[HH]. The average molecular weight is 177 g/mol. The third-order valence-electron chi connectivity index (χ3n) is 1.10. The molecule has 0 aromatic carbocycles. The van der Waals surface area contributed by atoms with Crippen molar-refractivity contribution in [3.63, 3.8) is 0 Å². The van der Waals surface area contributed by atoms with E-state index in [-0.39, 0.29) is 7.40 Å². The highest BCUT2D eigenvalue weighted by Gasteiger charge is 2.10. The first-order valence-corrected chi connectivity index (χ1v) is 3.87. The molecule has 2 N–H and O–H groups in total. The Hall–Kier alpha value is -0.900. The van der Waals surface area contributed by atoms with Crippen LogP contribution in [0.25, 0.3) is 0 Å². The third-order valence-corrected chi connectivity index (χ3v) is 1.10. The fraction of sp³-hybridized carbons (Fsp3) is 0.750. The summed E-state index contributed by atoms with van der Waals surface area (Å²) in [5.74, 6) is -0.322. The minimum Gasteiger partial charge on any atom is -0.468 e. The summed E-state index contributed by atoms with van der Waals surface area (Å²) < 4.78 is 4.40. The van der Waals surface area contributed by atoms with Crippen molar-refractivity contribution in [2.24, 2.45) is 5.73 Å². The zero-order valence-electron chi connectivity index (χ0n) is 7.87. The number of aldehydes is 1. The Kier molecular flexibility index (Phi) is 11.5. The standard InChI is InChI=1S/C6H13NO2.C2H4O.H2/c1-3-4-5(7)6(8)9-2;1-2-3;/h5H,3-4,7H2,1-2H3;2H,1H3;1H. The summed E-state index contributed by atoms with van der Waals surface area (Å²) in [6, 6.07) is -0.431. The molecule has 12 heavy (non-hydrogen) atoms. The number of hydrogen-bond acceptors (Lipinski definition) is 4. The van der Waals surface area contributed by atoms with Crippen molar-refractivity contribution >= 4 is 12.3 Å². The van der Waals surface area contributed by atoms with Crippen molar-refractivity contribution in [1.29, 1.82) is 0 Å². The minimum absolute atomic E-state index is 0. The smallest absolute Gasteiger partial charge is 0.322 e. The molecule has 1 unspecified atom stereocenters. The van der Waals surface area contributed by atoms with Crippen LogP contribution in [-0.4, -0.2) is 25.4 Å². The van der Waals surface area contributed by atoms with Crippen molar-refractivity contribution in [1.82, 2.24) is 0 Å². The van der Waals surface area contributed by atoms with Gasteiger partial charge in [-0.1, -0.05) is 13.3 Å². The van der Waals surface area contributed by atoms with Crippen LogP contribution in [0.5, 0.6) is 0 Å². The lowest BCUT2D eigenvalue weighted by Gasteiger charge is -2.05. The lowest BCUT2D eigenvalue weighted by molar-refractivity contribution is -0.142. The first kappa shape index (κ1) is 13.7. The Morgan fingerprint density at radius 2 is 2.17 bits per heavy atom. The van der Waals surface area contributed by atoms with Gasteiger partial charge in [0.2, 0.25) is 0 Å². The van der Waals surface area contributed by atoms with Gasteiger partial charge in [0, 0.05) is 1.43 Å². The molecule has 0 aliphatic carbocycles. The molecule has 0 amide bonds. The molecule has 0 aromatic rings. The fourth-order valence-electron chi connectivity index (χ4n) is 0.580. The van der Waals surface area contributed by atoms with Gasteiger partial charge in [0.05, 0.1) is 7.11 Å². The van der Waals surface area contributed by atoms with E-state index in [1.165, 1.54) is 14.0 Å². The van der Waals surface area contributed by atoms with E-state index in [0.29, 0.717) is 6.42 Å². The van der Waals surface area contributed by atoms with Crippen molar-refractivity contribution < 1.29 is 15.8 Å². The van der Waals surface area contributed by atoms with E-state index in [1.54, 1.807) is 0 Å². The number of hydrogen-bond donors (Lipinski definition) is 1. The topological polar surface area (TPSA) is 69.4 Å². The molecule has 0 radical (unpaired) electrons. The molecule has 0 heterocycles. The normalized spacial score (nSPS) is 10.7. The Balaban J connectivity index is -0.000000220. The van der Waals surface area contributed by atoms with Crippen LogP contribution in [0, 0.1) is 0 Å². The zero-order valence-corrected chi connectivity index (χ0v) is 7.87. The van der Waals surface area contributed by atoms with Crippen LogP contribution < -0.4 is 5.73 Å². The van der Waals surface area contributed by atoms with Crippen LogP contribution in [0.1, 0.15) is 28.1 Å². The van der Waals surface area contributed by atoms with Gasteiger partial charge in [-0.3, -0.25) is 4.79 Å². The average Bonchev–Trinajstić information content (AvgIpc) is 2.05. The van der Waals surface area contributed by atoms with Crippen LogP contribution in [0.2, 0.25) is 0 Å². The highest BCUT2D eigenvalue weighted by molar-refractivity contribution is 5.75. The van der Waals surface area contributed by atoms with Gasteiger partial charge in [0.25, 0.3) is 0 Å². The number of methoxy groups -OCH3 is 1. The molecule has 0 spiro atoms. The zero-order chi connectivity index (χ0) is 9.98. The second kappa shape index (κ2) is 10.1. The molecule has 0 fully saturated rings. The molecular formula is C8H19NO3. The summed E-state index contributed by atoms with van der Waals surface area (Å²) in [5, 5.41) is 0. The van der Waals surface area contributed by atoms with Gasteiger partial charge in [0.1, 0.15) is 12.3 Å². The predicted molar refractivity (Wildman–Crippen MR) is 48.8 cm³/mol. The third kappa shape index (κ3) is 9.10. The van der Waals surface area contributed by atoms with Gasteiger partial charge in [-0.05, 0) is 13.3 Å². The maximum atomic E-state index is 10.6. The van der Waals surface area contributed by atoms with Gasteiger partial charge >= 0.3 is 5.97 Å². The maximum Gasteiger partial charge on any atom is 0.322 e.